The van der Waals surface area contributed by atoms with Crippen LogP contribution in [-0.2, 0) is 8.85 Å². The van der Waals surface area contributed by atoms with Crippen LogP contribution < -0.4 is 0 Å². The Hall–Kier alpha value is -0.0662. The van der Waals surface area contributed by atoms with Gasteiger partial charge in [-0.15, -0.1) is 0 Å². The highest BCUT2D eigenvalue weighted by atomic mass is 28.4. The van der Waals surface area contributed by atoms with Crippen molar-refractivity contribution >= 4 is 17.4 Å². The van der Waals surface area contributed by atoms with Crippen LogP contribution in [0.4, 0.5) is 0 Å². The van der Waals surface area contributed by atoms with Gasteiger partial charge in [0, 0.05) is 12.5 Å². The molecule has 0 aliphatic rings. The summed E-state index contributed by atoms with van der Waals surface area (Å²) in [6, 6.07) is 0. The molecule has 1 unspecified atom stereocenters. The van der Waals surface area contributed by atoms with E-state index < -0.39 is 17.4 Å². The Morgan fingerprint density at radius 2 is 1.71 bits per heavy atom. The molecular weight excluding hydrogens is 244 g/mol. The van der Waals surface area contributed by atoms with Crippen molar-refractivity contribution in [2.75, 3.05) is 6.61 Å². The summed E-state index contributed by atoms with van der Waals surface area (Å²) >= 11 is 0. The van der Waals surface area contributed by atoms with Crippen LogP contribution in [-0.4, -0.2) is 24.0 Å². The van der Waals surface area contributed by atoms with Gasteiger partial charge in [0.15, 0.2) is 9.04 Å². The highest BCUT2D eigenvalue weighted by Gasteiger charge is 2.23. The molecule has 0 spiro atoms. The van der Waals surface area contributed by atoms with Crippen LogP contribution >= 0.6 is 0 Å². The summed E-state index contributed by atoms with van der Waals surface area (Å²) in [5.74, 6) is 0.425. The van der Waals surface area contributed by atoms with Gasteiger partial charge < -0.3 is 8.85 Å². The number of hydrogen-bond acceptors (Lipinski definition) is 2. The SMILES string of the molecule is C[SiH](C)OCC(C=CO[Si](C)(C)C)C(C)(C)C. The van der Waals surface area contributed by atoms with Crippen LogP contribution in [0.25, 0.3) is 0 Å². The average molecular weight is 275 g/mol. The Labute approximate surface area is 110 Å². The van der Waals surface area contributed by atoms with Crippen LogP contribution in [0.2, 0.25) is 32.7 Å². The first kappa shape index (κ1) is 16.9. The maximum absolute atomic E-state index is 5.86. The van der Waals surface area contributed by atoms with Crippen molar-refractivity contribution in [3.8, 4) is 0 Å². The predicted molar refractivity (Wildman–Crippen MR) is 81.3 cm³/mol. The van der Waals surface area contributed by atoms with Gasteiger partial charge in [0.05, 0.1) is 6.26 Å². The van der Waals surface area contributed by atoms with Crippen molar-refractivity contribution in [2.45, 2.75) is 53.5 Å². The molecule has 102 valence electrons. The molecule has 0 amide bonds. The second-order valence-electron chi connectivity index (χ2n) is 6.91. The third-order valence-corrected chi connectivity index (χ3v) is 4.16. The Morgan fingerprint density at radius 1 is 1.18 bits per heavy atom. The zero-order valence-electron chi connectivity index (χ0n) is 12.8. The highest BCUT2D eigenvalue weighted by molar-refractivity contribution is 6.69. The van der Waals surface area contributed by atoms with E-state index in [1.165, 1.54) is 0 Å². The van der Waals surface area contributed by atoms with E-state index >= 15 is 0 Å². The van der Waals surface area contributed by atoms with E-state index in [2.05, 4.69) is 59.6 Å². The van der Waals surface area contributed by atoms with Crippen molar-refractivity contribution in [1.82, 2.24) is 0 Å². The molecule has 0 aliphatic heterocycles. The van der Waals surface area contributed by atoms with Crippen LogP contribution in [0.3, 0.4) is 0 Å². The van der Waals surface area contributed by atoms with Crippen LogP contribution in [0.1, 0.15) is 20.8 Å². The van der Waals surface area contributed by atoms with Crippen molar-refractivity contribution in [1.29, 1.82) is 0 Å². The molecule has 0 fully saturated rings. The molecule has 0 aromatic heterocycles. The van der Waals surface area contributed by atoms with Gasteiger partial charge in [-0.25, -0.2) is 0 Å². The minimum Gasteiger partial charge on any atom is -0.550 e. The molecule has 0 bridgehead atoms. The molecule has 0 saturated heterocycles. The zero-order chi connectivity index (χ0) is 13.7. The summed E-state index contributed by atoms with van der Waals surface area (Å²) in [6.45, 7) is 18.6. The van der Waals surface area contributed by atoms with Crippen LogP contribution in [0.5, 0.6) is 0 Å². The molecular formula is C13H30O2Si2. The molecule has 0 radical (unpaired) electrons. The minimum atomic E-state index is -1.45. The minimum absolute atomic E-state index is 0.225. The lowest BCUT2D eigenvalue weighted by Crippen LogP contribution is -2.27. The van der Waals surface area contributed by atoms with Gasteiger partial charge in [0.25, 0.3) is 0 Å². The van der Waals surface area contributed by atoms with E-state index in [4.69, 9.17) is 8.85 Å². The first-order chi connectivity index (χ1) is 7.52. The molecule has 0 saturated carbocycles. The Kier molecular flexibility index (Phi) is 6.73. The van der Waals surface area contributed by atoms with Crippen molar-refractivity contribution in [2.24, 2.45) is 11.3 Å². The van der Waals surface area contributed by atoms with Gasteiger partial charge in [-0.3, -0.25) is 0 Å². The lowest BCUT2D eigenvalue weighted by Gasteiger charge is -2.29. The fourth-order valence-electron chi connectivity index (χ4n) is 1.23. The molecule has 4 heteroatoms. The molecule has 0 aliphatic carbocycles. The monoisotopic (exact) mass is 274 g/mol. The maximum atomic E-state index is 5.86. The second kappa shape index (κ2) is 6.76. The van der Waals surface area contributed by atoms with Gasteiger partial charge in [-0.05, 0) is 44.2 Å². The normalized spacial score (nSPS) is 15.6. The summed E-state index contributed by atoms with van der Waals surface area (Å²) in [6.07, 6.45) is 4.07. The molecule has 0 heterocycles. The number of rotatable bonds is 6. The Morgan fingerprint density at radius 3 is 2.06 bits per heavy atom. The molecule has 2 nitrogen and oxygen atoms in total. The predicted octanol–water partition coefficient (Wildman–Crippen LogP) is 4.01. The maximum Gasteiger partial charge on any atom is 0.241 e. The molecule has 1 atom stereocenters. The fraction of sp³-hybridized carbons (Fsp3) is 0.846. The fourth-order valence-corrected chi connectivity index (χ4v) is 2.31. The first-order valence-electron chi connectivity index (χ1n) is 6.48. The van der Waals surface area contributed by atoms with Gasteiger partial charge in [0.1, 0.15) is 0 Å². The zero-order valence-corrected chi connectivity index (χ0v) is 15.0. The molecule has 0 N–H and O–H groups in total. The summed E-state index contributed by atoms with van der Waals surface area (Å²) in [5, 5.41) is 0. The summed E-state index contributed by atoms with van der Waals surface area (Å²) in [5.41, 5.74) is 0.225. The van der Waals surface area contributed by atoms with Gasteiger partial charge in [0.2, 0.25) is 8.32 Å². The van der Waals surface area contributed by atoms with E-state index in [-0.39, 0.29) is 5.41 Å². The molecule has 0 rings (SSSR count). The Bertz CT molecular complexity index is 237. The summed E-state index contributed by atoms with van der Waals surface area (Å²) in [7, 11) is -2.38. The lowest BCUT2D eigenvalue weighted by atomic mass is 9.81. The van der Waals surface area contributed by atoms with Gasteiger partial charge in [-0.1, -0.05) is 20.8 Å². The third kappa shape index (κ3) is 9.62. The van der Waals surface area contributed by atoms with Crippen molar-refractivity contribution < 1.29 is 8.85 Å². The van der Waals surface area contributed by atoms with E-state index in [9.17, 15) is 0 Å². The van der Waals surface area contributed by atoms with Crippen molar-refractivity contribution in [3.05, 3.63) is 12.3 Å². The van der Waals surface area contributed by atoms with E-state index in [1.54, 1.807) is 0 Å². The van der Waals surface area contributed by atoms with E-state index in [0.29, 0.717) is 5.92 Å². The van der Waals surface area contributed by atoms with E-state index in [1.807, 2.05) is 6.26 Å². The first-order valence-corrected chi connectivity index (χ1v) is 12.7. The van der Waals surface area contributed by atoms with Gasteiger partial charge in [-0.2, -0.15) is 0 Å². The quantitative estimate of drug-likeness (QED) is 0.538. The second-order valence-corrected chi connectivity index (χ2v) is 13.8. The molecule has 0 aromatic carbocycles. The highest BCUT2D eigenvalue weighted by Crippen LogP contribution is 2.27. The molecule has 17 heavy (non-hydrogen) atoms. The third-order valence-electron chi connectivity index (χ3n) is 2.45. The topological polar surface area (TPSA) is 18.5 Å². The summed E-state index contributed by atoms with van der Waals surface area (Å²) in [4.78, 5) is 0. The van der Waals surface area contributed by atoms with Gasteiger partial charge >= 0.3 is 0 Å². The van der Waals surface area contributed by atoms with Crippen LogP contribution in [0, 0.1) is 11.3 Å². The Balaban J connectivity index is 4.40. The number of hydrogen-bond donors (Lipinski definition) is 0. The average Bonchev–Trinajstić information content (AvgIpc) is 2.06. The largest absolute Gasteiger partial charge is 0.550 e. The molecule has 0 aromatic rings. The lowest BCUT2D eigenvalue weighted by molar-refractivity contribution is 0.182. The smallest absolute Gasteiger partial charge is 0.241 e. The van der Waals surface area contributed by atoms with Crippen molar-refractivity contribution in [3.63, 3.8) is 0 Å². The van der Waals surface area contributed by atoms with Crippen LogP contribution in [0.15, 0.2) is 12.3 Å². The van der Waals surface area contributed by atoms with E-state index in [0.717, 1.165) is 6.61 Å². The summed E-state index contributed by atoms with van der Waals surface area (Å²) < 4.78 is 11.6. The standard InChI is InChI=1S/C13H30O2Si2/c1-13(2,3)12(11-14-16(4)5)9-10-15-17(6,7)8/h9-10,12,16H,11H2,1-8H3.